The molecule has 0 bridgehead atoms. The fourth-order valence-electron chi connectivity index (χ4n) is 5.03. The summed E-state index contributed by atoms with van der Waals surface area (Å²) in [5.41, 5.74) is 3.38. The van der Waals surface area contributed by atoms with Gasteiger partial charge in [-0.15, -0.1) is 0 Å². The molecule has 0 spiro atoms. The van der Waals surface area contributed by atoms with Gasteiger partial charge in [0.25, 0.3) is 0 Å². The molecule has 1 atom stereocenters. The van der Waals surface area contributed by atoms with Crippen molar-refractivity contribution in [2.24, 2.45) is 0 Å². The highest BCUT2D eigenvalue weighted by molar-refractivity contribution is 7.92. The zero-order valence-corrected chi connectivity index (χ0v) is 24.1. The van der Waals surface area contributed by atoms with Gasteiger partial charge < -0.3 is 14.4 Å². The zero-order chi connectivity index (χ0) is 28.4. The molecule has 0 aliphatic carbocycles. The number of anilines is 1. The summed E-state index contributed by atoms with van der Waals surface area (Å²) in [6, 6.07) is 14.7. The van der Waals surface area contributed by atoms with Crippen molar-refractivity contribution in [3.05, 3.63) is 64.7 Å². The topological polar surface area (TPSA) is 99.9 Å². The Morgan fingerprint density at radius 1 is 1.15 bits per heavy atom. The van der Waals surface area contributed by atoms with Crippen LogP contribution in [0.4, 0.5) is 10.5 Å². The summed E-state index contributed by atoms with van der Waals surface area (Å²) in [4.78, 5) is 14.1. The molecule has 0 radical (unpaired) electrons. The van der Waals surface area contributed by atoms with Crippen molar-refractivity contribution in [1.82, 2.24) is 4.90 Å². The molecule has 0 saturated carbocycles. The smallest absolute Gasteiger partial charge is 0.410 e. The molecule has 208 valence electrons. The summed E-state index contributed by atoms with van der Waals surface area (Å²) in [5, 5.41) is 9.23. The highest BCUT2D eigenvalue weighted by atomic mass is 32.2. The Morgan fingerprint density at radius 3 is 2.51 bits per heavy atom. The number of nitriles is 1. The molecule has 0 aromatic heterocycles. The van der Waals surface area contributed by atoms with Crippen LogP contribution in [0.25, 0.3) is 6.08 Å². The summed E-state index contributed by atoms with van der Waals surface area (Å²) in [6.07, 6.45) is 3.53. The Hall–Kier alpha value is -3.51. The Bertz CT molecular complexity index is 1400. The highest BCUT2D eigenvalue weighted by Gasteiger charge is 2.38. The second-order valence-electron chi connectivity index (χ2n) is 11.1. The lowest BCUT2D eigenvalue weighted by molar-refractivity contribution is 0.0126. The number of sulfonamides is 1. The van der Waals surface area contributed by atoms with E-state index in [0.29, 0.717) is 49.4 Å². The van der Waals surface area contributed by atoms with Gasteiger partial charge in [-0.3, -0.25) is 4.31 Å². The Morgan fingerprint density at radius 2 is 1.87 bits per heavy atom. The van der Waals surface area contributed by atoms with Crippen LogP contribution < -0.4 is 9.04 Å². The molecule has 2 aromatic carbocycles. The molecule has 2 aromatic rings. The number of likely N-dealkylation sites (tertiary alicyclic amines) is 1. The molecule has 1 saturated heterocycles. The van der Waals surface area contributed by atoms with Crippen LogP contribution in [0, 0.1) is 11.3 Å². The lowest BCUT2D eigenvalue weighted by Gasteiger charge is -2.33. The maximum atomic E-state index is 13.2. The third kappa shape index (κ3) is 6.74. The first-order valence-electron chi connectivity index (χ1n) is 13.4. The molecule has 2 aliphatic rings. The average molecular weight is 552 g/mol. The van der Waals surface area contributed by atoms with Gasteiger partial charge in [-0.1, -0.05) is 18.2 Å². The van der Waals surface area contributed by atoms with Crippen molar-refractivity contribution in [1.29, 1.82) is 5.26 Å². The van der Waals surface area contributed by atoms with E-state index in [4.69, 9.17) is 9.47 Å². The molecule has 1 amide bonds. The van der Waals surface area contributed by atoms with Gasteiger partial charge in [-0.25, -0.2) is 13.2 Å². The van der Waals surface area contributed by atoms with Crippen molar-refractivity contribution < 1.29 is 22.7 Å². The predicted octanol–water partition coefficient (Wildman–Crippen LogP) is 5.52. The number of piperidine rings is 1. The number of hydrogen-bond donors (Lipinski definition) is 0. The van der Waals surface area contributed by atoms with Gasteiger partial charge in [-0.2, -0.15) is 5.26 Å². The van der Waals surface area contributed by atoms with Crippen molar-refractivity contribution in [3.63, 3.8) is 0 Å². The van der Waals surface area contributed by atoms with E-state index in [2.05, 4.69) is 6.07 Å². The van der Waals surface area contributed by atoms with E-state index in [0.717, 1.165) is 16.7 Å². The van der Waals surface area contributed by atoms with Crippen LogP contribution in [0.5, 0.6) is 5.75 Å². The molecule has 2 heterocycles. The normalized spacial score (nSPS) is 18.5. The second kappa shape index (κ2) is 11.3. The molecule has 1 fully saturated rings. The molecule has 39 heavy (non-hydrogen) atoms. The fraction of sp³-hybridized carbons (Fsp3) is 0.467. The minimum Gasteiger partial charge on any atom is -0.490 e. The Labute approximate surface area is 231 Å². The largest absolute Gasteiger partial charge is 0.490 e. The zero-order valence-electron chi connectivity index (χ0n) is 23.3. The molecular weight excluding hydrogens is 514 g/mol. The Kier molecular flexibility index (Phi) is 8.26. The number of hydrogen-bond acceptors (Lipinski definition) is 6. The fourth-order valence-corrected chi connectivity index (χ4v) is 6.42. The maximum absolute atomic E-state index is 13.2. The molecule has 8 nitrogen and oxygen atoms in total. The number of fused-ring (bicyclic) bond motifs is 1. The first-order chi connectivity index (χ1) is 18.4. The third-order valence-electron chi connectivity index (χ3n) is 6.98. The molecule has 4 rings (SSSR count). The molecule has 0 N–H and O–H groups in total. The van der Waals surface area contributed by atoms with Crippen molar-refractivity contribution in [2.45, 2.75) is 71.6 Å². The Balaban J connectivity index is 1.50. The lowest BCUT2D eigenvalue weighted by atomic mass is 10.0. The highest BCUT2D eigenvalue weighted by Crippen LogP contribution is 2.40. The van der Waals surface area contributed by atoms with E-state index < -0.39 is 15.6 Å². The van der Waals surface area contributed by atoms with Gasteiger partial charge in [0.2, 0.25) is 10.0 Å². The first-order valence-corrected chi connectivity index (χ1v) is 15.0. The number of carbonyl (C=O) groups is 1. The second-order valence-corrected chi connectivity index (χ2v) is 13.3. The van der Waals surface area contributed by atoms with E-state index in [-0.39, 0.29) is 24.0 Å². The van der Waals surface area contributed by atoms with Gasteiger partial charge in [-0.05, 0) is 88.1 Å². The van der Waals surface area contributed by atoms with Gasteiger partial charge >= 0.3 is 6.09 Å². The van der Waals surface area contributed by atoms with Gasteiger partial charge in [0.15, 0.2) is 0 Å². The van der Waals surface area contributed by atoms with E-state index >= 15 is 0 Å². The maximum Gasteiger partial charge on any atom is 0.410 e. The predicted molar refractivity (Wildman–Crippen MR) is 152 cm³/mol. The van der Waals surface area contributed by atoms with Crippen molar-refractivity contribution >= 4 is 27.9 Å². The number of benzene rings is 2. The van der Waals surface area contributed by atoms with Crippen LogP contribution in [-0.2, 0) is 21.2 Å². The van der Waals surface area contributed by atoms with Crippen LogP contribution in [-0.4, -0.2) is 56.0 Å². The van der Waals surface area contributed by atoms with E-state index in [1.54, 1.807) is 24.0 Å². The van der Waals surface area contributed by atoms with E-state index in [9.17, 15) is 18.5 Å². The lowest BCUT2D eigenvalue weighted by Crippen LogP contribution is -2.44. The SMILES string of the molecule is CCS(=O)(=O)N1c2ccc(OC3CCN(C(=O)OC(C)(C)C)CC3)cc2CC1/C(C)=C/c1cccc(C#N)c1. The number of ether oxygens (including phenoxy) is 2. The first kappa shape index (κ1) is 28.5. The summed E-state index contributed by atoms with van der Waals surface area (Å²) in [7, 11) is -3.53. The summed E-state index contributed by atoms with van der Waals surface area (Å²) < 4.78 is 39.7. The van der Waals surface area contributed by atoms with Crippen molar-refractivity contribution in [3.8, 4) is 11.8 Å². The van der Waals surface area contributed by atoms with Crippen molar-refractivity contribution in [2.75, 3.05) is 23.1 Å². The standard InChI is InChI=1S/C30H37N3O5S/c1-6-39(35,36)33-27-11-10-26(37-25-12-14-32(15-13-25)29(34)38-30(3,4)5)18-24(27)19-28(33)21(2)16-22-8-7-9-23(17-22)20-31/h7-11,16-18,25,28H,6,12-15,19H2,1-5H3/b21-16+. The minimum atomic E-state index is -3.53. The molecule has 1 unspecified atom stereocenters. The number of rotatable bonds is 6. The molecular formula is C30H37N3O5S. The number of amides is 1. The average Bonchev–Trinajstić information content (AvgIpc) is 3.28. The van der Waals surface area contributed by atoms with E-state index in [1.165, 1.54) is 4.31 Å². The van der Waals surface area contributed by atoms with Crippen LogP contribution >= 0.6 is 0 Å². The third-order valence-corrected chi connectivity index (χ3v) is 8.76. The molecule has 9 heteroatoms. The quantitative estimate of drug-likeness (QED) is 0.469. The van der Waals surface area contributed by atoms with Gasteiger partial charge in [0.1, 0.15) is 17.5 Å². The van der Waals surface area contributed by atoms with E-state index in [1.807, 2.05) is 64.1 Å². The molecule has 2 aliphatic heterocycles. The van der Waals surface area contributed by atoms with Crippen LogP contribution in [0.2, 0.25) is 0 Å². The van der Waals surface area contributed by atoms with Crippen LogP contribution in [0.1, 0.15) is 64.2 Å². The number of carbonyl (C=O) groups excluding carboxylic acids is 1. The monoisotopic (exact) mass is 551 g/mol. The summed E-state index contributed by atoms with van der Waals surface area (Å²) in [5.74, 6) is 0.691. The number of nitrogens with zero attached hydrogens (tertiary/aromatic N) is 3. The summed E-state index contributed by atoms with van der Waals surface area (Å²) >= 11 is 0. The minimum absolute atomic E-state index is 0.00535. The summed E-state index contributed by atoms with van der Waals surface area (Å²) in [6.45, 7) is 10.3. The van der Waals surface area contributed by atoms with Crippen LogP contribution in [0.15, 0.2) is 48.0 Å². The van der Waals surface area contributed by atoms with Crippen LogP contribution in [0.3, 0.4) is 0 Å². The van der Waals surface area contributed by atoms with Gasteiger partial charge in [0.05, 0.1) is 29.1 Å². The van der Waals surface area contributed by atoms with Gasteiger partial charge in [0, 0.05) is 25.9 Å².